The van der Waals surface area contributed by atoms with E-state index in [1.165, 1.54) is 25.7 Å². The van der Waals surface area contributed by atoms with Gasteiger partial charge in [-0.15, -0.1) is 0 Å². The molecule has 128 valence electrons. The SMILES string of the molecule is COC1CCCC(NCC(NC(=O)OC(C)(C)C)C2CC2)C1. The van der Waals surface area contributed by atoms with Gasteiger partial charge < -0.3 is 20.1 Å². The van der Waals surface area contributed by atoms with Crippen LogP contribution in [-0.2, 0) is 9.47 Å². The van der Waals surface area contributed by atoms with Gasteiger partial charge in [0.05, 0.1) is 6.10 Å². The molecule has 3 unspecified atom stereocenters. The first-order valence-corrected chi connectivity index (χ1v) is 8.63. The third-order valence-electron chi connectivity index (χ3n) is 4.48. The maximum Gasteiger partial charge on any atom is 0.407 e. The predicted octanol–water partition coefficient (Wildman–Crippen LogP) is 2.84. The van der Waals surface area contributed by atoms with E-state index in [-0.39, 0.29) is 12.1 Å². The van der Waals surface area contributed by atoms with E-state index in [2.05, 4.69) is 10.6 Å². The summed E-state index contributed by atoms with van der Waals surface area (Å²) in [5, 5.41) is 6.67. The summed E-state index contributed by atoms with van der Waals surface area (Å²) in [6.07, 6.45) is 7.13. The van der Waals surface area contributed by atoms with Crippen molar-refractivity contribution in [3.05, 3.63) is 0 Å². The van der Waals surface area contributed by atoms with Crippen LogP contribution in [-0.4, -0.2) is 43.5 Å². The predicted molar refractivity (Wildman–Crippen MR) is 86.9 cm³/mol. The van der Waals surface area contributed by atoms with Crippen molar-refractivity contribution in [2.75, 3.05) is 13.7 Å². The summed E-state index contributed by atoms with van der Waals surface area (Å²) in [5.41, 5.74) is -0.444. The lowest BCUT2D eigenvalue weighted by Crippen LogP contribution is -2.48. The van der Waals surface area contributed by atoms with Crippen LogP contribution in [0.4, 0.5) is 4.79 Å². The highest BCUT2D eigenvalue weighted by atomic mass is 16.6. The van der Waals surface area contributed by atoms with Gasteiger partial charge >= 0.3 is 6.09 Å². The summed E-state index contributed by atoms with van der Waals surface area (Å²) in [6.45, 7) is 6.50. The molecule has 1 amide bonds. The Kier molecular flexibility index (Phi) is 6.09. The quantitative estimate of drug-likeness (QED) is 0.792. The molecule has 2 N–H and O–H groups in total. The molecule has 3 atom stereocenters. The van der Waals surface area contributed by atoms with Gasteiger partial charge in [-0.1, -0.05) is 0 Å². The van der Waals surface area contributed by atoms with Crippen molar-refractivity contribution in [1.29, 1.82) is 0 Å². The molecule has 0 aromatic rings. The first-order valence-electron chi connectivity index (χ1n) is 8.63. The highest BCUT2D eigenvalue weighted by Gasteiger charge is 2.34. The summed E-state index contributed by atoms with van der Waals surface area (Å²) < 4.78 is 10.9. The number of carbonyl (C=O) groups excluding carboxylic acids is 1. The van der Waals surface area contributed by atoms with E-state index in [9.17, 15) is 4.79 Å². The van der Waals surface area contributed by atoms with Crippen LogP contribution in [0.1, 0.15) is 59.3 Å². The van der Waals surface area contributed by atoms with Crippen molar-refractivity contribution < 1.29 is 14.3 Å². The van der Waals surface area contributed by atoms with E-state index >= 15 is 0 Å². The lowest BCUT2D eigenvalue weighted by Gasteiger charge is -2.31. The lowest BCUT2D eigenvalue weighted by molar-refractivity contribution is 0.0481. The maximum absolute atomic E-state index is 12.0. The van der Waals surface area contributed by atoms with E-state index in [1.807, 2.05) is 20.8 Å². The summed E-state index contributed by atoms with van der Waals surface area (Å²) in [4.78, 5) is 12.0. The van der Waals surface area contributed by atoms with Crippen LogP contribution in [0.25, 0.3) is 0 Å². The minimum absolute atomic E-state index is 0.178. The fourth-order valence-electron chi connectivity index (χ4n) is 3.13. The van der Waals surface area contributed by atoms with Crippen LogP contribution in [0.5, 0.6) is 0 Å². The standard InChI is InChI=1S/C17H32N2O3/c1-17(2,3)22-16(20)19-15(12-8-9-12)11-18-13-6-5-7-14(10-13)21-4/h12-15,18H,5-11H2,1-4H3,(H,19,20). The molecule has 0 heterocycles. The topological polar surface area (TPSA) is 59.6 Å². The molecule has 0 aromatic heterocycles. The highest BCUT2D eigenvalue weighted by molar-refractivity contribution is 5.68. The smallest absolute Gasteiger partial charge is 0.407 e. The van der Waals surface area contributed by atoms with Gasteiger partial charge in [-0.25, -0.2) is 4.79 Å². The molecule has 0 radical (unpaired) electrons. The second-order valence-electron chi connectivity index (χ2n) is 7.72. The molecule has 2 rings (SSSR count). The molecule has 0 spiro atoms. The van der Waals surface area contributed by atoms with E-state index < -0.39 is 5.60 Å². The number of ether oxygens (including phenoxy) is 2. The Hall–Kier alpha value is -0.810. The molecule has 5 heteroatoms. The van der Waals surface area contributed by atoms with Crippen molar-refractivity contribution in [2.45, 2.75) is 83.1 Å². The van der Waals surface area contributed by atoms with Crippen LogP contribution in [0.15, 0.2) is 0 Å². The van der Waals surface area contributed by atoms with Crippen molar-refractivity contribution in [2.24, 2.45) is 5.92 Å². The number of hydrogen-bond donors (Lipinski definition) is 2. The van der Waals surface area contributed by atoms with Crippen LogP contribution in [0.3, 0.4) is 0 Å². The molecule has 2 aliphatic carbocycles. The largest absolute Gasteiger partial charge is 0.444 e. The second-order valence-corrected chi connectivity index (χ2v) is 7.72. The van der Waals surface area contributed by atoms with Gasteiger partial charge in [0.15, 0.2) is 0 Å². The minimum atomic E-state index is -0.444. The normalized spacial score (nSPS) is 27.3. The monoisotopic (exact) mass is 312 g/mol. The number of methoxy groups -OCH3 is 1. The Bertz CT molecular complexity index is 363. The number of rotatable bonds is 6. The molecule has 0 saturated heterocycles. The molecule has 2 fully saturated rings. The summed E-state index contributed by atoms with van der Waals surface area (Å²) in [7, 11) is 1.80. The molecule has 2 saturated carbocycles. The van der Waals surface area contributed by atoms with Crippen LogP contribution in [0.2, 0.25) is 0 Å². The van der Waals surface area contributed by atoms with Gasteiger partial charge in [-0.2, -0.15) is 0 Å². The average molecular weight is 312 g/mol. The van der Waals surface area contributed by atoms with E-state index in [0.717, 1.165) is 19.4 Å². The van der Waals surface area contributed by atoms with Gasteiger partial charge in [-0.05, 0) is 65.2 Å². The second kappa shape index (κ2) is 7.64. The fourth-order valence-corrected chi connectivity index (χ4v) is 3.13. The van der Waals surface area contributed by atoms with Crippen molar-refractivity contribution in [3.63, 3.8) is 0 Å². The van der Waals surface area contributed by atoms with Crippen LogP contribution in [0, 0.1) is 5.92 Å². The van der Waals surface area contributed by atoms with Gasteiger partial charge in [0.2, 0.25) is 0 Å². The highest BCUT2D eigenvalue weighted by Crippen LogP contribution is 2.33. The van der Waals surface area contributed by atoms with Crippen LogP contribution < -0.4 is 10.6 Å². The molecular weight excluding hydrogens is 280 g/mol. The molecule has 2 aliphatic rings. The molecular formula is C17H32N2O3. The molecule has 0 aromatic carbocycles. The van der Waals surface area contributed by atoms with E-state index in [4.69, 9.17) is 9.47 Å². The maximum atomic E-state index is 12.0. The van der Waals surface area contributed by atoms with Crippen LogP contribution >= 0.6 is 0 Å². The summed E-state index contributed by atoms with van der Waals surface area (Å²) in [5.74, 6) is 0.599. The molecule has 5 nitrogen and oxygen atoms in total. The zero-order valence-corrected chi connectivity index (χ0v) is 14.5. The van der Waals surface area contributed by atoms with Crippen molar-refractivity contribution in [3.8, 4) is 0 Å². The van der Waals surface area contributed by atoms with Gasteiger partial charge in [0.1, 0.15) is 5.60 Å². The number of amides is 1. The zero-order valence-electron chi connectivity index (χ0n) is 14.5. The Balaban J connectivity index is 1.76. The Labute approximate surface area is 134 Å². The number of hydrogen-bond acceptors (Lipinski definition) is 4. The van der Waals surface area contributed by atoms with E-state index in [1.54, 1.807) is 7.11 Å². The number of nitrogens with one attached hydrogen (secondary N) is 2. The van der Waals surface area contributed by atoms with Gasteiger partial charge in [0, 0.05) is 25.7 Å². The lowest BCUT2D eigenvalue weighted by atomic mass is 9.92. The molecule has 22 heavy (non-hydrogen) atoms. The Morgan fingerprint density at radius 2 is 1.95 bits per heavy atom. The minimum Gasteiger partial charge on any atom is -0.444 e. The van der Waals surface area contributed by atoms with E-state index in [0.29, 0.717) is 18.1 Å². The Morgan fingerprint density at radius 3 is 2.55 bits per heavy atom. The van der Waals surface area contributed by atoms with Gasteiger partial charge in [-0.3, -0.25) is 0 Å². The third kappa shape index (κ3) is 6.13. The fraction of sp³-hybridized carbons (Fsp3) is 0.941. The first kappa shape index (κ1) is 17.5. The average Bonchev–Trinajstić information content (AvgIpc) is 3.26. The molecule has 0 aliphatic heterocycles. The first-order chi connectivity index (χ1) is 10.4. The van der Waals surface area contributed by atoms with Crippen molar-refractivity contribution in [1.82, 2.24) is 10.6 Å². The summed E-state index contributed by atoms with van der Waals surface area (Å²) in [6, 6.07) is 0.679. The van der Waals surface area contributed by atoms with Gasteiger partial charge in [0.25, 0.3) is 0 Å². The zero-order chi connectivity index (χ0) is 16.2. The number of alkyl carbamates (subject to hydrolysis) is 1. The third-order valence-corrected chi connectivity index (χ3v) is 4.48. The molecule has 0 bridgehead atoms. The van der Waals surface area contributed by atoms with Crippen molar-refractivity contribution >= 4 is 6.09 Å². The number of carbonyl (C=O) groups is 1. The summed E-state index contributed by atoms with van der Waals surface area (Å²) >= 11 is 0. The Morgan fingerprint density at radius 1 is 1.23 bits per heavy atom.